The fraction of sp³-hybridized carbons (Fsp3) is 0.222. The Hall–Kier alpha value is -3.03. The van der Waals surface area contributed by atoms with Gasteiger partial charge in [-0.3, -0.25) is 0 Å². The number of carboxylic acid groups (broad SMARTS) is 1. The van der Waals surface area contributed by atoms with Crippen LogP contribution in [0.5, 0.6) is 5.75 Å². The van der Waals surface area contributed by atoms with Gasteiger partial charge in [-0.1, -0.05) is 12.1 Å². The first-order valence-electron chi connectivity index (χ1n) is 7.66. The highest BCUT2D eigenvalue weighted by atomic mass is 19.4. The van der Waals surface area contributed by atoms with Crippen molar-refractivity contribution in [1.29, 1.82) is 0 Å². The number of pyridine rings is 1. The summed E-state index contributed by atoms with van der Waals surface area (Å²) in [5.41, 5.74) is -0.180. The fourth-order valence-electron chi connectivity index (χ4n) is 2.88. The first kappa shape index (κ1) is 17.8. The minimum atomic E-state index is -4.65. The van der Waals surface area contributed by atoms with E-state index in [1.807, 2.05) is 0 Å². The number of aromatic carboxylic acids is 1. The molecule has 0 aliphatic rings. The molecular formula is C18H15F3N2O3. The maximum Gasteiger partial charge on any atom is 0.435 e. The number of carbonyl (C=O) groups is 1. The number of fused-ring (bicyclic) bond motifs is 1. The van der Waals surface area contributed by atoms with Crippen molar-refractivity contribution in [3.63, 3.8) is 0 Å². The average molecular weight is 364 g/mol. The number of aromatic nitrogens is 2. The summed E-state index contributed by atoms with van der Waals surface area (Å²) < 4.78 is 46.9. The van der Waals surface area contributed by atoms with Crippen molar-refractivity contribution < 1.29 is 27.8 Å². The molecule has 0 aliphatic heterocycles. The van der Waals surface area contributed by atoms with E-state index in [9.17, 15) is 18.0 Å². The monoisotopic (exact) mass is 364 g/mol. The Morgan fingerprint density at radius 2 is 1.88 bits per heavy atom. The number of imidazole rings is 1. The maximum atomic E-state index is 13.5. The highest BCUT2D eigenvalue weighted by Crippen LogP contribution is 2.34. The molecule has 0 saturated heterocycles. The van der Waals surface area contributed by atoms with Gasteiger partial charge in [0.15, 0.2) is 5.69 Å². The number of hydrogen-bond donors (Lipinski definition) is 1. The summed E-state index contributed by atoms with van der Waals surface area (Å²) in [6.07, 6.45) is -4.66. The van der Waals surface area contributed by atoms with Crippen molar-refractivity contribution in [1.82, 2.24) is 9.38 Å². The zero-order valence-electron chi connectivity index (χ0n) is 14.0. The molecule has 2 heterocycles. The van der Waals surface area contributed by atoms with Crippen LogP contribution < -0.4 is 4.74 Å². The molecule has 136 valence electrons. The predicted molar refractivity (Wildman–Crippen MR) is 87.7 cm³/mol. The van der Waals surface area contributed by atoms with E-state index in [0.717, 1.165) is 6.07 Å². The van der Waals surface area contributed by atoms with E-state index in [1.54, 1.807) is 31.2 Å². The van der Waals surface area contributed by atoms with Crippen molar-refractivity contribution in [3.8, 4) is 5.75 Å². The largest absolute Gasteiger partial charge is 0.497 e. The number of methoxy groups -OCH3 is 1. The molecule has 1 aromatic carbocycles. The van der Waals surface area contributed by atoms with Crippen molar-refractivity contribution >= 4 is 11.6 Å². The van der Waals surface area contributed by atoms with Gasteiger partial charge >= 0.3 is 12.1 Å². The van der Waals surface area contributed by atoms with Crippen LogP contribution in [0.25, 0.3) is 5.65 Å². The third-order valence-corrected chi connectivity index (χ3v) is 4.05. The number of carboxylic acids is 1. The lowest BCUT2D eigenvalue weighted by Gasteiger charge is -2.10. The maximum absolute atomic E-state index is 13.5. The molecule has 0 atom stereocenters. The molecule has 3 rings (SSSR count). The van der Waals surface area contributed by atoms with Gasteiger partial charge in [0.1, 0.15) is 11.4 Å². The van der Waals surface area contributed by atoms with Crippen molar-refractivity contribution in [3.05, 3.63) is 64.6 Å². The summed E-state index contributed by atoms with van der Waals surface area (Å²) in [5, 5.41) is 9.12. The van der Waals surface area contributed by atoms with Crippen LogP contribution in [0.15, 0.2) is 36.4 Å². The van der Waals surface area contributed by atoms with Gasteiger partial charge in [-0.2, -0.15) is 13.2 Å². The van der Waals surface area contributed by atoms with E-state index < -0.39 is 17.8 Å². The standard InChI is InChI=1S/C18H15F3N2O3/c1-10-7-12(17(24)25)9-15-22-16(18(19,20)21)14(23(10)15)8-11-3-5-13(26-2)6-4-11/h3-7,9H,8H2,1-2H3,(H,24,25). The van der Waals surface area contributed by atoms with E-state index in [4.69, 9.17) is 9.84 Å². The van der Waals surface area contributed by atoms with E-state index in [1.165, 1.54) is 17.6 Å². The summed E-state index contributed by atoms with van der Waals surface area (Å²) in [6, 6.07) is 9.16. The quantitative estimate of drug-likeness (QED) is 0.761. The number of nitrogens with zero attached hydrogens (tertiary/aromatic N) is 2. The number of ether oxygens (including phenoxy) is 1. The number of halogens is 3. The average Bonchev–Trinajstić information content (AvgIpc) is 2.95. The SMILES string of the molecule is COc1ccc(Cc2c(C(F)(F)F)nc3cc(C(=O)O)cc(C)n23)cc1. The Morgan fingerprint density at radius 3 is 2.42 bits per heavy atom. The Bertz CT molecular complexity index is 976. The second-order valence-corrected chi connectivity index (χ2v) is 5.81. The Morgan fingerprint density at radius 1 is 1.23 bits per heavy atom. The van der Waals surface area contributed by atoms with E-state index >= 15 is 0 Å². The van der Waals surface area contributed by atoms with E-state index in [2.05, 4.69) is 4.98 Å². The highest BCUT2D eigenvalue weighted by molar-refractivity contribution is 5.89. The van der Waals surface area contributed by atoms with E-state index in [0.29, 0.717) is 17.0 Å². The van der Waals surface area contributed by atoms with Crippen LogP contribution in [-0.4, -0.2) is 27.6 Å². The van der Waals surface area contributed by atoms with Crippen LogP contribution in [-0.2, 0) is 12.6 Å². The number of benzene rings is 1. The summed E-state index contributed by atoms with van der Waals surface area (Å²) >= 11 is 0. The molecule has 0 amide bonds. The molecule has 0 saturated carbocycles. The van der Waals surface area contributed by atoms with Crippen LogP contribution >= 0.6 is 0 Å². The van der Waals surface area contributed by atoms with Gasteiger partial charge in [0.05, 0.1) is 18.4 Å². The molecule has 0 radical (unpaired) electrons. The second kappa shape index (κ2) is 6.36. The lowest BCUT2D eigenvalue weighted by molar-refractivity contribution is -0.141. The molecule has 0 fully saturated rings. The second-order valence-electron chi connectivity index (χ2n) is 5.81. The molecule has 0 unspecified atom stereocenters. The molecule has 5 nitrogen and oxygen atoms in total. The summed E-state index contributed by atoms with van der Waals surface area (Å²) in [7, 11) is 1.50. The molecule has 3 aromatic rings. The minimum Gasteiger partial charge on any atom is -0.497 e. The Balaban J connectivity index is 2.18. The lowest BCUT2D eigenvalue weighted by Crippen LogP contribution is -2.11. The van der Waals surface area contributed by atoms with Crippen LogP contribution in [0.4, 0.5) is 13.2 Å². The van der Waals surface area contributed by atoms with Gasteiger partial charge in [-0.05, 0) is 36.8 Å². The summed E-state index contributed by atoms with van der Waals surface area (Å²) in [4.78, 5) is 14.8. The molecule has 1 N–H and O–H groups in total. The van der Waals surface area contributed by atoms with E-state index in [-0.39, 0.29) is 23.3 Å². The fourth-order valence-corrected chi connectivity index (χ4v) is 2.88. The number of rotatable bonds is 4. The number of hydrogen-bond acceptors (Lipinski definition) is 3. The third-order valence-electron chi connectivity index (χ3n) is 4.05. The van der Waals surface area contributed by atoms with Gasteiger partial charge < -0.3 is 14.2 Å². The van der Waals surface area contributed by atoms with Crippen molar-refractivity contribution in [2.24, 2.45) is 0 Å². The van der Waals surface area contributed by atoms with Crippen molar-refractivity contribution in [2.45, 2.75) is 19.5 Å². The smallest absolute Gasteiger partial charge is 0.435 e. The van der Waals surface area contributed by atoms with Crippen LogP contribution in [0, 0.1) is 6.92 Å². The molecule has 2 aromatic heterocycles. The van der Waals surface area contributed by atoms with Gasteiger partial charge in [0.25, 0.3) is 0 Å². The minimum absolute atomic E-state index is 0.00668. The predicted octanol–water partition coefficient (Wildman–Crippen LogP) is 3.96. The number of alkyl halides is 3. The molecule has 0 spiro atoms. The Kier molecular flexibility index (Phi) is 4.35. The summed E-state index contributed by atoms with van der Waals surface area (Å²) in [5.74, 6) is -0.617. The van der Waals surface area contributed by atoms with Crippen LogP contribution in [0.2, 0.25) is 0 Å². The molecule has 0 aliphatic carbocycles. The van der Waals surface area contributed by atoms with Crippen LogP contribution in [0.3, 0.4) is 0 Å². The molecule has 26 heavy (non-hydrogen) atoms. The van der Waals surface area contributed by atoms with Gasteiger partial charge in [0.2, 0.25) is 0 Å². The molecular weight excluding hydrogens is 349 g/mol. The first-order valence-corrected chi connectivity index (χ1v) is 7.66. The zero-order chi connectivity index (χ0) is 19.1. The molecule has 8 heteroatoms. The zero-order valence-corrected chi connectivity index (χ0v) is 14.0. The normalized spacial score (nSPS) is 11.7. The van der Waals surface area contributed by atoms with Gasteiger partial charge in [0, 0.05) is 12.1 Å². The first-order chi connectivity index (χ1) is 12.2. The third kappa shape index (κ3) is 3.22. The van der Waals surface area contributed by atoms with Crippen molar-refractivity contribution in [2.75, 3.05) is 7.11 Å². The summed E-state index contributed by atoms with van der Waals surface area (Å²) in [6.45, 7) is 1.55. The Labute approximate surface area is 146 Å². The van der Waals surface area contributed by atoms with Crippen LogP contribution in [0.1, 0.15) is 33.0 Å². The molecule has 0 bridgehead atoms. The van der Waals surface area contributed by atoms with Gasteiger partial charge in [-0.15, -0.1) is 0 Å². The van der Waals surface area contributed by atoms with Gasteiger partial charge in [-0.25, -0.2) is 9.78 Å². The topological polar surface area (TPSA) is 63.8 Å². The number of aryl methyl sites for hydroxylation is 1. The highest BCUT2D eigenvalue weighted by Gasteiger charge is 2.38. The lowest BCUT2D eigenvalue weighted by atomic mass is 10.1.